The molecule has 2 rings (SSSR count). The summed E-state index contributed by atoms with van der Waals surface area (Å²) in [6.07, 6.45) is -1.89. The molecule has 98 valence electrons. The Balaban J connectivity index is 2.62. The van der Waals surface area contributed by atoms with E-state index < -0.39 is 6.19 Å². The zero-order valence-electron chi connectivity index (χ0n) is 11.4. The molecule has 0 N–H and O–H groups in total. The summed E-state index contributed by atoms with van der Waals surface area (Å²) in [7, 11) is 4.07. The van der Waals surface area contributed by atoms with E-state index in [1.54, 1.807) is 0 Å². The van der Waals surface area contributed by atoms with E-state index in [-0.39, 0.29) is 0 Å². The molecule has 0 unspecified atom stereocenters. The number of rotatable bonds is 3. The van der Waals surface area contributed by atoms with Crippen molar-refractivity contribution in [3.63, 3.8) is 0 Å². The van der Waals surface area contributed by atoms with Crippen molar-refractivity contribution in [2.45, 2.75) is 13.8 Å². The highest BCUT2D eigenvalue weighted by Crippen LogP contribution is 2.56. The van der Waals surface area contributed by atoms with E-state index in [4.69, 9.17) is 16.8 Å². The van der Waals surface area contributed by atoms with Crippen molar-refractivity contribution in [3.05, 3.63) is 24.3 Å². The molecule has 0 bridgehead atoms. The largest absolute Gasteiger partial charge is 0.361 e. The molecule has 0 aliphatic carbocycles. The number of hydrogen-bond acceptors (Lipinski definition) is 3. The minimum atomic E-state index is -1.89. The first-order valence-electron chi connectivity index (χ1n) is 6.27. The lowest BCUT2D eigenvalue weighted by Crippen LogP contribution is -2.33. The number of fused-ring (bicyclic) bond motifs is 1. The van der Waals surface area contributed by atoms with Gasteiger partial charge in [-0.2, -0.15) is 0 Å². The molecule has 0 aromatic heterocycles. The second kappa shape index (κ2) is 5.12. The van der Waals surface area contributed by atoms with Crippen LogP contribution >= 0.6 is 6.19 Å². The number of aliphatic imine (C=N–C) groups is 1. The molecule has 0 saturated heterocycles. The third kappa shape index (κ3) is 1.93. The maximum atomic E-state index is 6.10. The highest BCUT2D eigenvalue weighted by atomic mass is 32.4. The molecule has 0 spiro atoms. The SMILES string of the molecule is CCN(CC)[P@]1(=S)C(N(C)C)=Nc2ccccc21. The standard InChI is InChI=1S/C13H20N3PS/c1-5-16(6-2)17(18)12-10-8-7-9-11(12)14-13(17)15(3)4/h7-10H,5-6H2,1-4H3/t17-/m1/s1. The molecule has 5 heteroatoms. The third-order valence-electron chi connectivity index (χ3n) is 3.23. The lowest BCUT2D eigenvalue weighted by atomic mass is 10.3. The van der Waals surface area contributed by atoms with Crippen molar-refractivity contribution in [1.29, 1.82) is 0 Å². The zero-order chi connectivity index (χ0) is 13.3. The van der Waals surface area contributed by atoms with Gasteiger partial charge in [0.1, 0.15) is 6.19 Å². The number of nitrogens with zero attached hydrogens (tertiary/aromatic N) is 3. The molecule has 1 aliphatic heterocycles. The maximum absolute atomic E-state index is 6.10. The molecule has 1 aromatic carbocycles. The second-order valence-electron chi connectivity index (χ2n) is 4.51. The molecule has 0 fully saturated rings. The predicted molar refractivity (Wildman–Crippen MR) is 84.1 cm³/mol. The van der Waals surface area contributed by atoms with Gasteiger partial charge in [0.2, 0.25) is 0 Å². The van der Waals surface area contributed by atoms with Gasteiger partial charge < -0.3 is 4.90 Å². The van der Waals surface area contributed by atoms with Gasteiger partial charge in [-0.05, 0) is 12.1 Å². The molecule has 1 heterocycles. The van der Waals surface area contributed by atoms with Crippen LogP contribution in [0.3, 0.4) is 0 Å². The smallest absolute Gasteiger partial charge is 0.156 e. The van der Waals surface area contributed by atoms with Crippen LogP contribution < -0.4 is 5.30 Å². The maximum Gasteiger partial charge on any atom is 0.156 e. The summed E-state index contributed by atoms with van der Waals surface area (Å²) in [6, 6.07) is 8.31. The fourth-order valence-corrected chi connectivity index (χ4v) is 7.22. The summed E-state index contributed by atoms with van der Waals surface area (Å²) >= 11 is 6.10. The number of para-hydroxylation sites is 1. The monoisotopic (exact) mass is 281 g/mol. The van der Waals surface area contributed by atoms with Gasteiger partial charge in [-0.1, -0.05) is 37.8 Å². The lowest BCUT2D eigenvalue weighted by molar-refractivity contribution is 0.510. The molecule has 3 nitrogen and oxygen atoms in total. The molecule has 1 atom stereocenters. The van der Waals surface area contributed by atoms with Crippen molar-refractivity contribution >= 4 is 34.6 Å². The van der Waals surface area contributed by atoms with Gasteiger partial charge in [-0.15, -0.1) is 0 Å². The van der Waals surface area contributed by atoms with Gasteiger partial charge in [0.05, 0.1) is 5.69 Å². The highest BCUT2D eigenvalue weighted by Gasteiger charge is 2.39. The van der Waals surface area contributed by atoms with Crippen LogP contribution in [-0.4, -0.2) is 42.3 Å². The molecule has 0 saturated carbocycles. The summed E-state index contributed by atoms with van der Waals surface area (Å²) in [4.78, 5) is 6.85. The van der Waals surface area contributed by atoms with E-state index in [2.05, 4.69) is 41.6 Å². The fraction of sp³-hybridized carbons (Fsp3) is 0.462. The highest BCUT2D eigenvalue weighted by molar-refractivity contribution is 8.25. The quantitative estimate of drug-likeness (QED) is 0.794. The Morgan fingerprint density at radius 3 is 2.33 bits per heavy atom. The van der Waals surface area contributed by atoms with Gasteiger partial charge in [0.15, 0.2) is 5.58 Å². The van der Waals surface area contributed by atoms with Crippen LogP contribution in [-0.2, 0) is 11.8 Å². The summed E-state index contributed by atoms with van der Waals surface area (Å²) < 4.78 is 2.40. The van der Waals surface area contributed by atoms with E-state index in [0.29, 0.717) is 0 Å². The normalized spacial score (nSPS) is 21.9. The first kappa shape index (κ1) is 13.7. The van der Waals surface area contributed by atoms with E-state index >= 15 is 0 Å². The van der Waals surface area contributed by atoms with E-state index in [9.17, 15) is 0 Å². The van der Waals surface area contributed by atoms with Gasteiger partial charge >= 0.3 is 0 Å². The van der Waals surface area contributed by atoms with E-state index in [1.165, 1.54) is 5.30 Å². The van der Waals surface area contributed by atoms with Crippen LogP contribution in [0.1, 0.15) is 13.8 Å². The Kier molecular flexibility index (Phi) is 3.90. The first-order chi connectivity index (χ1) is 8.55. The summed E-state index contributed by atoms with van der Waals surface area (Å²) in [5.74, 6) is 0. The van der Waals surface area contributed by atoms with E-state index in [1.807, 2.05) is 20.2 Å². The van der Waals surface area contributed by atoms with E-state index in [0.717, 1.165) is 24.4 Å². The average molecular weight is 281 g/mol. The average Bonchev–Trinajstić information content (AvgIpc) is 2.66. The Bertz CT molecular complexity index is 521. The summed E-state index contributed by atoms with van der Waals surface area (Å²) in [5.41, 5.74) is 2.11. The van der Waals surface area contributed by atoms with Gasteiger partial charge in [-0.3, -0.25) is 4.67 Å². The Hall–Kier alpha value is -0.700. The van der Waals surface area contributed by atoms with Crippen molar-refractivity contribution in [2.75, 3.05) is 27.2 Å². The van der Waals surface area contributed by atoms with Crippen molar-refractivity contribution < 1.29 is 0 Å². The predicted octanol–water partition coefficient (Wildman–Crippen LogP) is 2.61. The lowest BCUT2D eigenvalue weighted by Gasteiger charge is -2.34. The van der Waals surface area contributed by atoms with Crippen LogP contribution in [0.5, 0.6) is 0 Å². The molecule has 1 aliphatic rings. The minimum Gasteiger partial charge on any atom is -0.361 e. The molecule has 0 radical (unpaired) electrons. The van der Waals surface area contributed by atoms with Gasteiger partial charge in [0.25, 0.3) is 0 Å². The fourth-order valence-electron chi connectivity index (χ4n) is 2.37. The van der Waals surface area contributed by atoms with Crippen molar-refractivity contribution in [1.82, 2.24) is 9.57 Å². The van der Waals surface area contributed by atoms with Crippen LogP contribution in [0.2, 0.25) is 0 Å². The van der Waals surface area contributed by atoms with Crippen LogP contribution in [0.15, 0.2) is 29.3 Å². The molecule has 1 aromatic rings. The van der Waals surface area contributed by atoms with Crippen molar-refractivity contribution in [3.8, 4) is 0 Å². The second-order valence-corrected chi connectivity index (χ2v) is 8.69. The zero-order valence-corrected chi connectivity index (χ0v) is 13.1. The Morgan fingerprint density at radius 1 is 1.17 bits per heavy atom. The summed E-state index contributed by atoms with van der Waals surface area (Å²) in [5, 5.41) is 1.24. The van der Waals surface area contributed by atoms with Crippen LogP contribution in [0.4, 0.5) is 5.69 Å². The number of amidine groups is 1. The van der Waals surface area contributed by atoms with Gasteiger partial charge in [-0.25, -0.2) is 4.99 Å². The molecule has 0 amide bonds. The van der Waals surface area contributed by atoms with Crippen LogP contribution in [0, 0.1) is 0 Å². The Labute approximate surface area is 115 Å². The van der Waals surface area contributed by atoms with Gasteiger partial charge in [0, 0.05) is 32.5 Å². The third-order valence-corrected chi connectivity index (χ3v) is 8.44. The Morgan fingerprint density at radius 2 is 1.78 bits per heavy atom. The molecular formula is C13H20N3PS. The molecular weight excluding hydrogens is 261 g/mol. The summed E-state index contributed by atoms with van der Waals surface area (Å²) in [6.45, 7) is 6.28. The first-order valence-corrected chi connectivity index (χ1v) is 9.02. The molecule has 18 heavy (non-hydrogen) atoms. The number of hydrogen-bond donors (Lipinski definition) is 0. The van der Waals surface area contributed by atoms with Crippen molar-refractivity contribution in [2.24, 2.45) is 4.99 Å². The number of benzene rings is 1. The minimum absolute atomic E-state index is 0.967. The van der Waals surface area contributed by atoms with Crippen LogP contribution in [0.25, 0.3) is 0 Å². The topological polar surface area (TPSA) is 18.8 Å².